The zero-order chi connectivity index (χ0) is 39.1. The summed E-state index contributed by atoms with van der Waals surface area (Å²) in [5.74, 6) is -9.55. The average molecular weight is 750 g/mol. The normalized spacial score (nSPS) is 15.6. The molecule has 0 bridgehead atoms. The average Bonchev–Trinajstić information content (AvgIpc) is 3.63. The molecule has 1 aliphatic rings. The molecule has 0 saturated carbocycles. The first-order valence-corrected chi connectivity index (χ1v) is 17.3. The van der Waals surface area contributed by atoms with E-state index in [4.69, 9.17) is 33.2 Å². The first kappa shape index (κ1) is 41.0. The second-order valence-corrected chi connectivity index (χ2v) is 12.0. The van der Waals surface area contributed by atoms with E-state index in [0.717, 1.165) is 16.0 Å². The van der Waals surface area contributed by atoms with Crippen LogP contribution in [0.3, 0.4) is 0 Å². The molecule has 15 heteroatoms. The summed E-state index contributed by atoms with van der Waals surface area (Å²) in [4.78, 5) is 77.9. The number of esters is 4. The number of carboxylic acid groups (broad SMARTS) is 1. The molecule has 0 radical (unpaired) electrons. The van der Waals surface area contributed by atoms with Crippen LogP contribution in [0.4, 0.5) is 0 Å². The van der Waals surface area contributed by atoms with Gasteiger partial charge in [-0.25, -0.2) is 19.2 Å². The lowest BCUT2D eigenvalue weighted by molar-refractivity contribution is -0.226. The van der Waals surface area contributed by atoms with E-state index < -0.39 is 86.0 Å². The third kappa shape index (κ3) is 11.1. The highest BCUT2D eigenvalue weighted by Gasteiger charge is 2.60. The Morgan fingerprint density at radius 2 is 1.31 bits per heavy atom. The van der Waals surface area contributed by atoms with Gasteiger partial charge >= 0.3 is 35.6 Å². The van der Waals surface area contributed by atoms with Gasteiger partial charge in [-0.15, -0.1) is 0 Å². The lowest BCUT2D eigenvalue weighted by Crippen LogP contribution is -2.53. The van der Waals surface area contributed by atoms with Crippen molar-refractivity contribution in [1.29, 1.82) is 0 Å². The van der Waals surface area contributed by atoms with E-state index >= 15 is 0 Å². The third-order valence-electron chi connectivity index (χ3n) is 8.35. The van der Waals surface area contributed by atoms with Crippen molar-refractivity contribution in [3.8, 4) is 11.5 Å². The summed E-state index contributed by atoms with van der Waals surface area (Å²) in [7, 11) is 0. The van der Waals surface area contributed by atoms with Crippen LogP contribution >= 0.6 is 0 Å². The smallest absolute Gasteiger partial charge is 0.380 e. The lowest BCUT2D eigenvalue weighted by atomic mass is 9.85. The van der Waals surface area contributed by atoms with Crippen LogP contribution in [0.1, 0.15) is 44.2 Å². The van der Waals surface area contributed by atoms with Crippen LogP contribution in [0.5, 0.6) is 11.5 Å². The van der Waals surface area contributed by atoms with E-state index in [1.165, 1.54) is 13.8 Å². The van der Waals surface area contributed by atoms with Gasteiger partial charge in [0.15, 0.2) is 19.3 Å². The number of carbonyl (C=O) groups excluding carboxylic acids is 5. The number of carbonyl (C=O) groups is 6. The van der Waals surface area contributed by atoms with Crippen LogP contribution in [0.15, 0.2) is 84.9 Å². The lowest BCUT2D eigenvalue weighted by Gasteiger charge is -2.35. The molecule has 0 aromatic heterocycles. The molecule has 3 unspecified atom stereocenters. The number of para-hydroxylation sites is 1. The summed E-state index contributed by atoms with van der Waals surface area (Å²) in [5.41, 5.74) is 1.81. The van der Waals surface area contributed by atoms with Crippen molar-refractivity contribution in [2.45, 2.75) is 57.5 Å². The van der Waals surface area contributed by atoms with Crippen LogP contribution in [0.2, 0.25) is 0 Å². The van der Waals surface area contributed by atoms with Crippen LogP contribution in [-0.4, -0.2) is 103 Å². The van der Waals surface area contributed by atoms with Gasteiger partial charge in [-0.3, -0.25) is 9.59 Å². The minimum absolute atomic E-state index is 0.0256. The Kier molecular flexibility index (Phi) is 15.1. The maximum Gasteiger partial charge on any atom is 0.380 e. The Balaban J connectivity index is 1.61. The molecule has 3 aromatic carbocycles. The Morgan fingerprint density at radius 3 is 1.85 bits per heavy atom. The Hall–Kier alpha value is -5.80. The second-order valence-electron chi connectivity index (χ2n) is 12.0. The number of rotatable bonds is 19. The maximum absolute atomic E-state index is 14.2. The molecule has 1 N–H and O–H groups in total. The molecular weight excluding hydrogens is 706 g/mol. The highest BCUT2D eigenvalue weighted by molar-refractivity contribution is 6.03. The van der Waals surface area contributed by atoms with E-state index in [0.29, 0.717) is 24.3 Å². The number of amides is 1. The first-order valence-electron chi connectivity index (χ1n) is 17.3. The summed E-state index contributed by atoms with van der Waals surface area (Å²) >= 11 is 0. The molecule has 3 aromatic rings. The Labute approximate surface area is 312 Å². The van der Waals surface area contributed by atoms with Crippen molar-refractivity contribution < 1.29 is 67.0 Å². The van der Waals surface area contributed by atoms with Crippen LogP contribution in [-0.2, 0) is 63.6 Å². The summed E-state index contributed by atoms with van der Waals surface area (Å²) in [6.07, 6.45) is -0.647. The molecule has 15 nitrogen and oxygen atoms in total. The predicted octanol–water partition coefficient (Wildman–Crippen LogP) is 3.82. The Bertz CT molecular complexity index is 1700. The molecule has 1 fully saturated rings. The highest BCUT2D eigenvalue weighted by atomic mass is 16.8. The third-order valence-corrected chi connectivity index (χ3v) is 8.35. The molecule has 1 aliphatic heterocycles. The number of ether oxygens (including phenoxy) is 7. The van der Waals surface area contributed by atoms with Crippen molar-refractivity contribution in [3.05, 3.63) is 96.1 Å². The fourth-order valence-corrected chi connectivity index (χ4v) is 5.76. The van der Waals surface area contributed by atoms with Gasteiger partial charge in [0.25, 0.3) is 5.91 Å². The standard InChI is InChI=1S/C39H43NO14/c1-4-48-34(43)24-50-37(46)39(38(47)51-25-35(44)49-5-2)52-23-32(54-39)36(45)40(22-33(41)42)26(3)31(21-16-27-12-8-6-9-13-27)28-17-19-30(20-18-28)53-29-14-10-7-11-15-29/h6-15,17-20,26,31-32H,4-5,16,21-25H2,1-3H3,(H,41,42). The molecule has 54 heavy (non-hydrogen) atoms. The molecular formula is C39H43NO14. The monoisotopic (exact) mass is 749 g/mol. The number of aryl methyl sites for hydroxylation is 1. The van der Waals surface area contributed by atoms with Gasteiger partial charge in [0, 0.05) is 12.0 Å². The minimum Gasteiger partial charge on any atom is -0.480 e. The molecule has 1 amide bonds. The summed E-state index contributed by atoms with van der Waals surface area (Å²) in [6.45, 7) is 1.32. The first-order chi connectivity index (χ1) is 26.0. The largest absolute Gasteiger partial charge is 0.480 e. The van der Waals surface area contributed by atoms with Crippen molar-refractivity contribution in [2.75, 3.05) is 39.6 Å². The van der Waals surface area contributed by atoms with E-state index in [2.05, 4.69) is 0 Å². The fraction of sp³-hybridized carbons (Fsp3) is 0.385. The van der Waals surface area contributed by atoms with Gasteiger partial charge in [0.05, 0.1) is 19.8 Å². The minimum atomic E-state index is -3.04. The molecule has 4 rings (SSSR count). The molecule has 288 valence electrons. The summed E-state index contributed by atoms with van der Waals surface area (Å²) in [6, 6.07) is 25.3. The van der Waals surface area contributed by atoms with Gasteiger partial charge in [-0.05, 0) is 69.0 Å². The van der Waals surface area contributed by atoms with Crippen LogP contribution < -0.4 is 4.74 Å². The van der Waals surface area contributed by atoms with Crippen LogP contribution in [0, 0.1) is 0 Å². The van der Waals surface area contributed by atoms with E-state index in [9.17, 15) is 33.9 Å². The molecule has 1 saturated heterocycles. The topological polar surface area (TPSA) is 190 Å². The molecule has 3 atom stereocenters. The number of hydrogen-bond acceptors (Lipinski definition) is 13. The van der Waals surface area contributed by atoms with Crippen molar-refractivity contribution in [3.63, 3.8) is 0 Å². The van der Waals surface area contributed by atoms with Crippen LogP contribution in [0.25, 0.3) is 0 Å². The van der Waals surface area contributed by atoms with E-state index in [-0.39, 0.29) is 13.2 Å². The number of nitrogens with zero attached hydrogens (tertiary/aromatic N) is 1. The van der Waals surface area contributed by atoms with Crippen molar-refractivity contribution in [1.82, 2.24) is 4.90 Å². The molecule has 0 spiro atoms. The van der Waals surface area contributed by atoms with Gasteiger partial charge in [-0.2, -0.15) is 0 Å². The summed E-state index contributed by atoms with van der Waals surface area (Å²) < 4.78 is 36.4. The second kappa shape index (κ2) is 19.9. The Morgan fingerprint density at radius 1 is 0.778 bits per heavy atom. The maximum atomic E-state index is 14.2. The predicted molar refractivity (Wildman–Crippen MR) is 188 cm³/mol. The highest BCUT2D eigenvalue weighted by Crippen LogP contribution is 2.34. The quantitative estimate of drug-likeness (QED) is 0.106. The van der Waals surface area contributed by atoms with Gasteiger partial charge in [0.1, 0.15) is 18.0 Å². The SMILES string of the molecule is CCOC(=O)COC(=O)C1(C(=O)OCC(=O)OCC)OCC(C(=O)N(CC(=O)O)C(C)C(CCc2ccccc2)c2ccc(Oc3ccccc3)cc2)O1. The fourth-order valence-electron chi connectivity index (χ4n) is 5.76. The van der Waals surface area contributed by atoms with Gasteiger partial charge < -0.3 is 43.2 Å². The zero-order valence-corrected chi connectivity index (χ0v) is 30.2. The molecule has 1 heterocycles. The number of hydrogen-bond donors (Lipinski definition) is 1. The van der Waals surface area contributed by atoms with Crippen molar-refractivity contribution in [2.24, 2.45) is 0 Å². The van der Waals surface area contributed by atoms with E-state index in [1.807, 2.05) is 72.8 Å². The number of carboxylic acids is 1. The van der Waals surface area contributed by atoms with Gasteiger partial charge in [-0.1, -0.05) is 60.7 Å². The summed E-state index contributed by atoms with van der Waals surface area (Å²) in [5, 5.41) is 9.95. The number of benzene rings is 3. The van der Waals surface area contributed by atoms with Gasteiger partial charge in [0.2, 0.25) is 0 Å². The van der Waals surface area contributed by atoms with E-state index in [1.54, 1.807) is 19.1 Å². The molecule has 0 aliphatic carbocycles. The number of aliphatic carboxylic acids is 1. The zero-order valence-electron chi connectivity index (χ0n) is 30.2. The van der Waals surface area contributed by atoms with Crippen molar-refractivity contribution >= 4 is 35.8 Å².